The minimum Gasteiger partial charge on any atom is -0.487 e. The molecule has 0 unspecified atom stereocenters. The summed E-state index contributed by atoms with van der Waals surface area (Å²) >= 11 is 0. The molecule has 2 N–H and O–H groups in total. The van der Waals surface area contributed by atoms with Gasteiger partial charge in [0.1, 0.15) is 6.61 Å². The molecule has 8 heteroatoms. The van der Waals surface area contributed by atoms with Gasteiger partial charge in [0.25, 0.3) is 5.91 Å². The highest BCUT2D eigenvalue weighted by Gasteiger charge is 2.26. The smallest absolute Gasteiger partial charge is 0.303 e. The standard InChI is InChI=1S/C19H25N3O5/c1-19(2,10-9-16(23)24)20-18(25)17-15(27-12-11-26-3)13-22(21-17)14-7-5-4-6-8-14/h4-8,13H,9-12H2,1-3H3,(H,20,25)(H,23,24). The normalized spacial score (nSPS) is 11.2. The number of para-hydroxylation sites is 1. The summed E-state index contributed by atoms with van der Waals surface area (Å²) in [5.74, 6) is -0.996. The Hall–Kier alpha value is -2.87. The first-order valence-electron chi connectivity index (χ1n) is 8.63. The number of nitrogens with zero attached hydrogens (tertiary/aromatic N) is 2. The number of ether oxygens (including phenoxy) is 2. The molecule has 0 spiro atoms. The number of carbonyl (C=O) groups is 2. The number of aliphatic carboxylic acids is 1. The molecule has 0 fully saturated rings. The van der Waals surface area contributed by atoms with Crippen molar-refractivity contribution < 1.29 is 24.2 Å². The van der Waals surface area contributed by atoms with Crippen LogP contribution in [0.5, 0.6) is 5.75 Å². The van der Waals surface area contributed by atoms with Crippen molar-refractivity contribution in [3.63, 3.8) is 0 Å². The van der Waals surface area contributed by atoms with Gasteiger partial charge in [0.05, 0.1) is 18.5 Å². The summed E-state index contributed by atoms with van der Waals surface area (Å²) in [6, 6.07) is 9.37. The number of amides is 1. The number of hydrogen-bond acceptors (Lipinski definition) is 5. The second-order valence-corrected chi connectivity index (χ2v) is 6.70. The van der Waals surface area contributed by atoms with Crippen LogP contribution in [0.25, 0.3) is 5.69 Å². The molecular weight excluding hydrogens is 350 g/mol. The maximum Gasteiger partial charge on any atom is 0.303 e. The van der Waals surface area contributed by atoms with Crippen molar-refractivity contribution in [2.75, 3.05) is 20.3 Å². The quantitative estimate of drug-likeness (QED) is 0.618. The van der Waals surface area contributed by atoms with Crippen LogP contribution in [0.4, 0.5) is 0 Å². The zero-order valence-electron chi connectivity index (χ0n) is 15.8. The van der Waals surface area contributed by atoms with Gasteiger partial charge in [-0.1, -0.05) is 18.2 Å². The zero-order valence-corrected chi connectivity index (χ0v) is 15.8. The summed E-state index contributed by atoms with van der Waals surface area (Å²) < 4.78 is 12.2. The average molecular weight is 375 g/mol. The van der Waals surface area contributed by atoms with E-state index in [0.29, 0.717) is 18.8 Å². The van der Waals surface area contributed by atoms with E-state index in [1.165, 1.54) is 0 Å². The number of carboxylic acid groups (broad SMARTS) is 1. The van der Waals surface area contributed by atoms with E-state index in [0.717, 1.165) is 5.69 Å². The molecule has 8 nitrogen and oxygen atoms in total. The highest BCUT2D eigenvalue weighted by Crippen LogP contribution is 2.21. The van der Waals surface area contributed by atoms with Crippen LogP contribution in [0.1, 0.15) is 37.2 Å². The van der Waals surface area contributed by atoms with Crippen LogP contribution >= 0.6 is 0 Å². The maximum atomic E-state index is 12.8. The molecule has 2 aromatic rings. The van der Waals surface area contributed by atoms with Crippen LogP contribution in [-0.4, -0.2) is 52.6 Å². The first-order valence-corrected chi connectivity index (χ1v) is 8.63. The third kappa shape index (κ3) is 6.10. The summed E-state index contributed by atoms with van der Waals surface area (Å²) in [6.07, 6.45) is 1.90. The van der Waals surface area contributed by atoms with Crippen molar-refractivity contribution in [1.82, 2.24) is 15.1 Å². The molecule has 146 valence electrons. The van der Waals surface area contributed by atoms with Crippen molar-refractivity contribution in [2.45, 2.75) is 32.2 Å². The second kappa shape index (κ2) is 9.18. The van der Waals surface area contributed by atoms with Crippen LogP contribution in [0.15, 0.2) is 36.5 Å². The molecule has 1 aromatic carbocycles. The largest absolute Gasteiger partial charge is 0.487 e. The van der Waals surface area contributed by atoms with E-state index < -0.39 is 17.4 Å². The first-order chi connectivity index (χ1) is 12.8. The molecule has 1 heterocycles. The van der Waals surface area contributed by atoms with Crippen LogP contribution < -0.4 is 10.1 Å². The van der Waals surface area contributed by atoms with Crippen molar-refractivity contribution in [3.8, 4) is 11.4 Å². The van der Waals surface area contributed by atoms with E-state index in [-0.39, 0.29) is 18.7 Å². The van der Waals surface area contributed by atoms with Gasteiger partial charge in [-0.15, -0.1) is 0 Å². The topological polar surface area (TPSA) is 103 Å². The molecule has 1 amide bonds. The minimum atomic E-state index is -0.908. The lowest BCUT2D eigenvalue weighted by molar-refractivity contribution is -0.137. The van der Waals surface area contributed by atoms with Crippen molar-refractivity contribution in [3.05, 3.63) is 42.2 Å². The predicted molar refractivity (Wildman–Crippen MR) is 99.4 cm³/mol. The van der Waals surface area contributed by atoms with Gasteiger partial charge in [-0.2, -0.15) is 5.10 Å². The molecule has 0 aliphatic carbocycles. The first kappa shape index (κ1) is 20.4. The van der Waals surface area contributed by atoms with Gasteiger partial charge in [0.15, 0.2) is 11.4 Å². The maximum absolute atomic E-state index is 12.8. The van der Waals surface area contributed by atoms with Gasteiger partial charge >= 0.3 is 5.97 Å². The van der Waals surface area contributed by atoms with E-state index in [9.17, 15) is 9.59 Å². The average Bonchev–Trinajstić information content (AvgIpc) is 3.05. The van der Waals surface area contributed by atoms with Gasteiger partial charge in [0.2, 0.25) is 0 Å². The monoisotopic (exact) mass is 375 g/mol. The Kier molecular flexibility index (Phi) is 6.95. The molecule has 1 aromatic heterocycles. The molecule has 0 atom stereocenters. The van der Waals surface area contributed by atoms with Crippen molar-refractivity contribution in [1.29, 1.82) is 0 Å². The molecule has 0 saturated carbocycles. The fourth-order valence-corrected chi connectivity index (χ4v) is 2.42. The molecule has 0 aliphatic heterocycles. The number of benzene rings is 1. The Balaban J connectivity index is 2.22. The summed E-state index contributed by atoms with van der Waals surface area (Å²) in [7, 11) is 1.56. The summed E-state index contributed by atoms with van der Waals surface area (Å²) in [5, 5.41) is 16.1. The van der Waals surface area contributed by atoms with Crippen LogP contribution in [0.3, 0.4) is 0 Å². The molecule has 0 radical (unpaired) electrons. The fraction of sp³-hybridized carbons (Fsp3) is 0.421. The Morgan fingerprint density at radius 2 is 1.93 bits per heavy atom. The number of carboxylic acids is 1. The predicted octanol–water partition coefficient (Wildman–Crippen LogP) is 2.27. The number of aromatic nitrogens is 2. The van der Waals surface area contributed by atoms with E-state index in [2.05, 4.69) is 10.4 Å². The number of nitrogens with one attached hydrogen (secondary N) is 1. The van der Waals surface area contributed by atoms with Gasteiger partial charge in [-0.3, -0.25) is 9.59 Å². The summed E-state index contributed by atoms with van der Waals surface area (Å²) in [6.45, 7) is 4.20. The van der Waals surface area contributed by atoms with Gasteiger partial charge in [-0.05, 0) is 32.4 Å². The minimum absolute atomic E-state index is 0.0388. The third-order valence-electron chi connectivity index (χ3n) is 3.88. The van der Waals surface area contributed by atoms with E-state index in [4.69, 9.17) is 14.6 Å². The Labute approximate surface area is 158 Å². The number of methoxy groups -OCH3 is 1. The number of rotatable bonds is 10. The Morgan fingerprint density at radius 1 is 1.22 bits per heavy atom. The Morgan fingerprint density at radius 3 is 2.56 bits per heavy atom. The lowest BCUT2D eigenvalue weighted by Gasteiger charge is -2.25. The molecule has 0 saturated heterocycles. The van der Waals surface area contributed by atoms with Crippen molar-refractivity contribution >= 4 is 11.9 Å². The van der Waals surface area contributed by atoms with E-state index in [1.807, 2.05) is 30.3 Å². The third-order valence-corrected chi connectivity index (χ3v) is 3.88. The van der Waals surface area contributed by atoms with E-state index >= 15 is 0 Å². The van der Waals surface area contributed by atoms with Gasteiger partial charge in [0, 0.05) is 19.1 Å². The SMILES string of the molecule is COCCOc1cn(-c2ccccc2)nc1C(=O)NC(C)(C)CCC(=O)O. The fourth-order valence-electron chi connectivity index (χ4n) is 2.42. The Bertz CT molecular complexity index is 771. The van der Waals surface area contributed by atoms with Gasteiger partial charge in [-0.25, -0.2) is 4.68 Å². The van der Waals surface area contributed by atoms with Crippen LogP contribution in [0, 0.1) is 0 Å². The highest BCUT2D eigenvalue weighted by atomic mass is 16.5. The van der Waals surface area contributed by atoms with Gasteiger partial charge < -0.3 is 19.9 Å². The molecule has 0 aliphatic rings. The molecule has 2 rings (SSSR count). The van der Waals surface area contributed by atoms with Crippen LogP contribution in [-0.2, 0) is 9.53 Å². The van der Waals surface area contributed by atoms with Crippen LogP contribution in [0.2, 0.25) is 0 Å². The molecular formula is C19H25N3O5. The summed E-state index contributed by atoms with van der Waals surface area (Å²) in [4.78, 5) is 23.6. The number of hydrogen-bond donors (Lipinski definition) is 2. The second-order valence-electron chi connectivity index (χ2n) is 6.70. The molecule has 0 bridgehead atoms. The lowest BCUT2D eigenvalue weighted by atomic mass is 9.98. The lowest BCUT2D eigenvalue weighted by Crippen LogP contribution is -2.44. The number of carbonyl (C=O) groups excluding carboxylic acids is 1. The zero-order chi connectivity index (χ0) is 19.9. The summed E-state index contributed by atoms with van der Waals surface area (Å²) in [5.41, 5.74) is 0.229. The van der Waals surface area contributed by atoms with E-state index in [1.54, 1.807) is 31.8 Å². The highest BCUT2D eigenvalue weighted by molar-refractivity contribution is 5.95. The van der Waals surface area contributed by atoms with Crippen molar-refractivity contribution in [2.24, 2.45) is 0 Å². The molecule has 27 heavy (non-hydrogen) atoms.